The van der Waals surface area contributed by atoms with Crippen LogP contribution in [0.25, 0.3) is 0 Å². The van der Waals surface area contributed by atoms with Crippen molar-refractivity contribution in [3.05, 3.63) is 35.9 Å². The Morgan fingerprint density at radius 3 is 2.43 bits per heavy atom. The molecule has 1 saturated carbocycles. The van der Waals surface area contributed by atoms with E-state index in [-0.39, 0.29) is 12.6 Å². The molecule has 3 rings (SSSR count). The monoisotopic (exact) mass is 419 g/mol. The number of urea groups is 1. The highest BCUT2D eigenvalue weighted by Gasteiger charge is 2.26. The molecule has 1 aromatic carbocycles. The van der Waals surface area contributed by atoms with Gasteiger partial charge < -0.3 is 25.4 Å². The highest BCUT2D eigenvalue weighted by atomic mass is 16.5. The lowest BCUT2D eigenvalue weighted by atomic mass is 9.83. The van der Waals surface area contributed by atoms with Crippen molar-refractivity contribution in [1.29, 1.82) is 0 Å². The molecule has 1 unspecified atom stereocenters. The number of rotatable bonds is 7. The van der Waals surface area contributed by atoms with Crippen LogP contribution in [0, 0.1) is 5.92 Å². The first-order valence-corrected chi connectivity index (χ1v) is 11.0. The molecule has 1 heterocycles. The van der Waals surface area contributed by atoms with E-state index < -0.39 is 5.91 Å². The zero-order valence-corrected chi connectivity index (χ0v) is 18.3. The molecule has 3 amide bonds. The molecular weight excluding hydrogens is 382 g/mol. The van der Waals surface area contributed by atoms with Gasteiger partial charge in [0.15, 0.2) is 0 Å². The predicted molar refractivity (Wildman–Crippen MR) is 117 cm³/mol. The number of carbonyl (C=O) groups excluding carboxylic acids is 2. The van der Waals surface area contributed by atoms with Crippen molar-refractivity contribution in [2.24, 2.45) is 11.7 Å². The molecule has 0 spiro atoms. The molecule has 7 heteroatoms. The van der Waals surface area contributed by atoms with Gasteiger partial charge in [0.25, 0.3) is 0 Å². The third-order valence-electron chi connectivity index (χ3n) is 5.78. The van der Waals surface area contributed by atoms with E-state index in [9.17, 15) is 9.59 Å². The van der Waals surface area contributed by atoms with Crippen LogP contribution in [0.2, 0.25) is 0 Å². The van der Waals surface area contributed by atoms with Gasteiger partial charge in [0.2, 0.25) is 5.91 Å². The molecule has 1 aliphatic heterocycles. The number of nitrogens with one attached hydrogen (secondary N) is 1. The third kappa shape index (κ3) is 8.32. The molecule has 0 radical (unpaired) electrons. The molecule has 30 heavy (non-hydrogen) atoms. The minimum atomic E-state index is -0.460. The van der Waals surface area contributed by atoms with Gasteiger partial charge in [-0.2, -0.15) is 0 Å². The summed E-state index contributed by atoms with van der Waals surface area (Å²) in [6.07, 6.45) is 6.42. The zero-order valence-electron chi connectivity index (χ0n) is 18.3. The van der Waals surface area contributed by atoms with E-state index >= 15 is 0 Å². The average molecular weight is 420 g/mol. The smallest absolute Gasteiger partial charge is 0.317 e. The van der Waals surface area contributed by atoms with Crippen LogP contribution in [0.3, 0.4) is 0 Å². The van der Waals surface area contributed by atoms with Gasteiger partial charge in [0.1, 0.15) is 6.61 Å². The predicted octanol–water partition coefficient (Wildman–Crippen LogP) is 2.90. The summed E-state index contributed by atoms with van der Waals surface area (Å²) in [6.45, 7) is 4.40. The minimum Gasteiger partial charge on any atom is -0.381 e. The first-order valence-electron chi connectivity index (χ1n) is 11.0. The van der Waals surface area contributed by atoms with Gasteiger partial charge in [0, 0.05) is 32.7 Å². The highest BCUT2D eigenvalue weighted by molar-refractivity contribution is 5.75. The Morgan fingerprint density at radius 2 is 1.83 bits per heavy atom. The lowest BCUT2D eigenvalue weighted by Gasteiger charge is -2.27. The van der Waals surface area contributed by atoms with Gasteiger partial charge in [-0.3, -0.25) is 4.79 Å². The van der Waals surface area contributed by atoms with Crippen LogP contribution in [-0.4, -0.2) is 62.9 Å². The van der Waals surface area contributed by atoms with Crippen molar-refractivity contribution < 1.29 is 19.1 Å². The Kier molecular flexibility index (Phi) is 10.7. The third-order valence-corrected chi connectivity index (χ3v) is 5.78. The fourth-order valence-corrected chi connectivity index (χ4v) is 4.10. The molecule has 1 atom stereocenters. The van der Waals surface area contributed by atoms with Crippen LogP contribution >= 0.6 is 0 Å². The number of benzene rings is 1. The number of carbonyl (C=O) groups is 2. The number of amides is 3. The Labute approximate surface area is 180 Å². The summed E-state index contributed by atoms with van der Waals surface area (Å²) in [5.74, 6) is 0.614. The standard InChI is InChI=1S/C13H18O.C10H19N3O3/c1-14-13-9-7-12(8-10-13)11-5-3-2-4-6-11;1-2-12-10(15)13-4-3-8(5-13)6-16-7-9(11)14/h2-6,12-13H,7-10H2,1H3;8H,2-7H2,1H3,(H2,11,14)(H,12,15). The Hall–Kier alpha value is -2.12. The van der Waals surface area contributed by atoms with Crippen molar-refractivity contribution >= 4 is 11.9 Å². The molecule has 0 bridgehead atoms. The molecule has 168 valence electrons. The second kappa shape index (κ2) is 13.2. The summed E-state index contributed by atoms with van der Waals surface area (Å²) < 4.78 is 10.5. The van der Waals surface area contributed by atoms with Crippen molar-refractivity contribution in [2.75, 3.05) is 40.0 Å². The van der Waals surface area contributed by atoms with Gasteiger partial charge in [-0.15, -0.1) is 0 Å². The fourth-order valence-electron chi connectivity index (χ4n) is 4.10. The molecule has 1 aromatic rings. The summed E-state index contributed by atoms with van der Waals surface area (Å²) in [4.78, 5) is 23.7. The quantitative estimate of drug-likeness (QED) is 0.711. The van der Waals surface area contributed by atoms with E-state index in [1.165, 1.54) is 31.2 Å². The maximum absolute atomic E-state index is 11.5. The Bertz CT molecular complexity index is 633. The molecule has 1 aliphatic carbocycles. The number of hydrogen-bond donors (Lipinski definition) is 2. The zero-order chi connectivity index (χ0) is 21.8. The largest absolute Gasteiger partial charge is 0.381 e. The minimum absolute atomic E-state index is 0.0279. The average Bonchev–Trinajstić information content (AvgIpc) is 3.24. The Morgan fingerprint density at radius 1 is 1.13 bits per heavy atom. The molecule has 1 saturated heterocycles. The van der Waals surface area contributed by atoms with Crippen LogP contribution in [-0.2, 0) is 14.3 Å². The van der Waals surface area contributed by atoms with Gasteiger partial charge in [-0.25, -0.2) is 4.79 Å². The van der Waals surface area contributed by atoms with Gasteiger partial charge in [-0.1, -0.05) is 30.3 Å². The molecular formula is C23H37N3O4. The molecule has 7 nitrogen and oxygen atoms in total. The van der Waals surface area contributed by atoms with Crippen LogP contribution in [0.5, 0.6) is 0 Å². The number of primary amides is 1. The van der Waals surface area contributed by atoms with E-state index in [0.29, 0.717) is 31.7 Å². The lowest BCUT2D eigenvalue weighted by Crippen LogP contribution is -2.38. The molecule has 2 fully saturated rings. The van der Waals surface area contributed by atoms with E-state index in [1.807, 2.05) is 14.0 Å². The number of nitrogens with zero attached hydrogens (tertiary/aromatic N) is 1. The number of nitrogens with two attached hydrogens (primary N) is 1. The maximum atomic E-state index is 11.5. The topological polar surface area (TPSA) is 93.9 Å². The summed E-state index contributed by atoms with van der Waals surface area (Å²) in [7, 11) is 1.83. The summed E-state index contributed by atoms with van der Waals surface area (Å²) in [6, 6.07) is 10.8. The van der Waals surface area contributed by atoms with E-state index in [1.54, 1.807) is 4.90 Å². The van der Waals surface area contributed by atoms with Gasteiger partial charge in [0.05, 0.1) is 12.7 Å². The van der Waals surface area contributed by atoms with Gasteiger partial charge in [-0.05, 0) is 50.5 Å². The van der Waals surface area contributed by atoms with Crippen LogP contribution in [0.1, 0.15) is 50.5 Å². The number of hydrogen-bond acceptors (Lipinski definition) is 4. The van der Waals surface area contributed by atoms with Crippen molar-refractivity contribution in [2.45, 2.75) is 51.0 Å². The molecule has 2 aliphatic rings. The molecule has 0 aromatic heterocycles. The fraction of sp³-hybridized carbons (Fsp3) is 0.652. The Balaban J connectivity index is 0.000000215. The van der Waals surface area contributed by atoms with Crippen molar-refractivity contribution in [3.63, 3.8) is 0 Å². The normalized spacial score (nSPS) is 23.4. The van der Waals surface area contributed by atoms with Crippen LogP contribution in [0.15, 0.2) is 30.3 Å². The van der Waals surface area contributed by atoms with Crippen molar-refractivity contribution in [3.8, 4) is 0 Å². The first kappa shape index (κ1) is 24.2. The van der Waals surface area contributed by atoms with E-state index in [0.717, 1.165) is 18.9 Å². The summed E-state index contributed by atoms with van der Waals surface area (Å²) in [5, 5.41) is 2.75. The number of methoxy groups -OCH3 is 1. The van der Waals surface area contributed by atoms with E-state index in [4.69, 9.17) is 15.2 Å². The summed E-state index contributed by atoms with van der Waals surface area (Å²) >= 11 is 0. The van der Waals surface area contributed by atoms with Crippen LogP contribution < -0.4 is 11.1 Å². The van der Waals surface area contributed by atoms with E-state index in [2.05, 4.69) is 35.6 Å². The second-order valence-corrected chi connectivity index (χ2v) is 8.04. The summed E-state index contributed by atoms with van der Waals surface area (Å²) in [5.41, 5.74) is 6.46. The highest BCUT2D eigenvalue weighted by Crippen LogP contribution is 2.33. The molecule has 3 N–H and O–H groups in total. The van der Waals surface area contributed by atoms with Crippen LogP contribution in [0.4, 0.5) is 4.79 Å². The number of ether oxygens (including phenoxy) is 2. The first-order chi connectivity index (χ1) is 14.5. The van der Waals surface area contributed by atoms with Crippen molar-refractivity contribution in [1.82, 2.24) is 10.2 Å². The van der Waals surface area contributed by atoms with Gasteiger partial charge >= 0.3 is 6.03 Å². The maximum Gasteiger partial charge on any atom is 0.317 e. The second-order valence-electron chi connectivity index (χ2n) is 8.04. The lowest BCUT2D eigenvalue weighted by molar-refractivity contribution is -0.122. The SMILES string of the molecule is CCNC(=O)N1CCC(COCC(N)=O)C1.COC1CCC(c2ccccc2)CC1. The number of likely N-dealkylation sites (tertiary alicyclic amines) is 1.